The summed E-state index contributed by atoms with van der Waals surface area (Å²) in [5.74, 6) is -0.628. The minimum Gasteiger partial charge on any atom is -0.398 e. The molecule has 0 unspecified atom stereocenters. The standard InChI is InChI=1S/C13H21FN2O3S/c1-3-6-19-7-4-5-16-20(17,18)11-8-12(14)10(2)13(15)9-11/h8-9,16H,3-7,15H2,1-2H3. The molecule has 0 aromatic heterocycles. The van der Waals surface area contributed by atoms with Crippen LogP contribution in [0.1, 0.15) is 25.3 Å². The predicted octanol–water partition coefficient (Wildman–Crippen LogP) is 1.81. The highest BCUT2D eigenvalue weighted by molar-refractivity contribution is 7.89. The average molecular weight is 304 g/mol. The lowest BCUT2D eigenvalue weighted by atomic mass is 10.2. The first kappa shape index (κ1) is 16.9. The molecule has 20 heavy (non-hydrogen) atoms. The molecule has 0 heterocycles. The molecule has 0 saturated carbocycles. The first-order chi connectivity index (χ1) is 9.38. The van der Waals surface area contributed by atoms with Gasteiger partial charge in [0.25, 0.3) is 0 Å². The lowest BCUT2D eigenvalue weighted by Gasteiger charge is -2.09. The third-order valence-corrected chi connectivity index (χ3v) is 4.21. The van der Waals surface area contributed by atoms with Crippen LogP contribution in [0.2, 0.25) is 0 Å². The largest absolute Gasteiger partial charge is 0.398 e. The molecule has 0 atom stereocenters. The van der Waals surface area contributed by atoms with Gasteiger partial charge in [-0.25, -0.2) is 17.5 Å². The lowest BCUT2D eigenvalue weighted by molar-refractivity contribution is 0.133. The maximum absolute atomic E-state index is 13.5. The summed E-state index contributed by atoms with van der Waals surface area (Å²) >= 11 is 0. The maximum Gasteiger partial charge on any atom is 0.240 e. The summed E-state index contributed by atoms with van der Waals surface area (Å²) in [5.41, 5.74) is 5.94. The van der Waals surface area contributed by atoms with Crippen LogP contribution in [0.5, 0.6) is 0 Å². The van der Waals surface area contributed by atoms with Gasteiger partial charge in [0.05, 0.1) is 4.90 Å². The van der Waals surface area contributed by atoms with Crippen molar-refractivity contribution in [2.24, 2.45) is 0 Å². The molecule has 1 rings (SSSR count). The number of nitrogens with two attached hydrogens (primary N) is 1. The monoisotopic (exact) mass is 304 g/mol. The van der Waals surface area contributed by atoms with Crippen molar-refractivity contribution in [2.75, 3.05) is 25.5 Å². The van der Waals surface area contributed by atoms with E-state index in [4.69, 9.17) is 10.5 Å². The molecule has 0 radical (unpaired) electrons. The minimum atomic E-state index is -3.74. The summed E-state index contributed by atoms with van der Waals surface area (Å²) in [7, 11) is -3.74. The van der Waals surface area contributed by atoms with Crippen molar-refractivity contribution in [3.05, 3.63) is 23.5 Å². The molecule has 114 valence electrons. The number of benzene rings is 1. The zero-order chi connectivity index (χ0) is 15.2. The fourth-order valence-electron chi connectivity index (χ4n) is 1.54. The quantitative estimate of drug-likeness (QED) is 0.567. The number of halogens is 1. The molecule has 0 aliphatic rings. The number of anilines is 1. The van der Waals surface area contributed by atoms with Gasteiger partial charge < -0.3 is 10.5 Å². The summed E-state index contributed by atoms with van der Waals surface area (Å²) in [6.07, 6.45) is 1.48. The number of hydrogen-bond donors (Lipinski definition) is 2. The van der Waals surface area contributed by atoms with Crippen molar-refractivity contribution in [3.63, 3.8) is 0 Å². The smallest absolute Gasteiger partial charge is 0.240 e. The number of nitrogens with one attached hydrogen (secondary N) is 1. The van der Waals surface area contributed by atoms with Gasteiger partial charge in [-0.15, -0.1) is 0 Å². The van der Waals surface area contributed by atoms with Gasteiger partial charge >= 0.3 is 0 Å². The summed E-state index contributed by atoms with van der Waals surface area (Å²) < 4.78 is 45.1. The molecule has 0 aliphatic carbocycles. The van der Waals surface area contributed by atoms with Crippen LogP contribution in [0.15, 0.2) is 17.0 Å². The van der Waals surface area contributed by atoms with Gasteiger partial charge in [-0.05, 0) is 31.9 Å². The molecule has 7 heteroatoms. The summed E-state index contributed by atoms with van der Waals surface area (Å²) in [6, 6.07) is 2.23. The van der Waals surface area contributed by atoms with Crippen molar-refractivity contribution >= 4 is 15.7 Å². The second-order valence-electron chi connectivity index (χ2n) is 4.48. The highest BCUT2D eigenvalue weighted by Gasteiger charge is 2.16. The number of ether oxygens (including phenoxy) is 1. The first-order valence-electron chi connectivity index (χ1n) is 6.51. The van der Waals surface area contributed by atoms with Gasteiger partial charge in [0.15, 0.2) is 0 Å². The highest BCUT2D eigenvalue weighted by atomic mass is 32.2. The van der Waals surface area contributed by atoms with Gasteiger partial charge in [0.1, 0.15) is 5.82 Å². The Morgan fingerprint density at radius 1 is 1.35 bits per heavy atom. The van der Waals surface area contributed by atoms with Crippen molar-refractivity contribution < 1.29 is 17.5 Å². The molecule has 0 fully saturated rings. The molecule has 1 aromatic rings. The third-order valence-electron chi connectivity index (χ3n) is 2.77. The third kappa shape index (κ3) is 4.73. The van der Waals surface area contributed by atoms with Crippen molar-refractivity contribution in [2.45, 2.75) is 31.6 Å². The molecule has 5 nitrogen and oxygen atoms in total. The van der Waals surface area contributed by atoms with Crippen LogP contribution in [0.4, 0.5) is 10.1 Å². The molecule has 0 amide bonds. The van der Waals surface area contributed by atoms with Gasteiger partial charge in [-0.3, -0.25) is 0 Å². The number of rotatable bonds is 8. The van der Waals surface area contributed by atoms with E-state index in [1.165, 1.54) is 13.0 Å². The second-order valence-corrected chi connectivity index (χ2v) is 6.25. The van der Waals surface area contributed by atoms with Crippen LogP contribution in [-0.4, -0.2) is 28.2 Å². The van der Waals surface area contributed by atoms with Crippen LogP contribution >= 0.6 is 0 Å². The average Bonchev–Trinajstić information content (AvgIpc) is 2.39. The zero-order valence-electron chi connectivity index (χ0n) is 11.8. The Labute approximate surface area is 119 Å². The Morgan fingerprint density at radius 3 is 2.65 bits per heavy atom. The van der Waals surface area contributed by atoms with E-state index in [1.54, 1.807) is 0 Å². The second kappa shape index (κ2) is 7.56. The van der Waals surface area contributed by atoms with Crippen molar-refractivity contribution in [1.82, 2.24) is 4.72 Å². The molecule has 3 N–H and O–H groups in total. The number of hydrogen-bond acceptors (Lipinski definition) is 4. The van der Waals surface area contributed by atoms with Crippen LogP contribution in [-0.2, 0) is 14.8 Å². The Kier molecular flexibility index (Phi) is 6.38. The molecule has 0 saturated heterocycles. The molecule has 1 aromatic carbocycles. The van der Waals surface area contributed by atoms with Gasteiger partial charge in [0, 0.05) is 31.0 Å². The lowest BCUT2D eigenvalue weighted by Crippen LogP contribution is -2.26. The normalized spacial score (nSPS) is 11.8. The molecule has 0 bridgehead atoms. The van der Waals surface area contributed by atoms with Gasteiger partial charge in [-0.1, -0.05) is 6.92 Å². The summed E-state index contributed by atoms with van der Waals surface area (Å²) in [6.45, 7) is 4.88. The van der Waals surface area contributed by atoms with Gasteiger partial charge in [-0.2, -0.15) is 0 Å². The van der Waals surface area contributed by atoms with E-state index >= 15 is 0 Å². The first-order valence-corrected chi connectivity index (χ1v) is 8.00. The van der Waals surface area contributed by atoms with E-state index in [0.717, 1.165) is 12.5 Å². The topological polar surface area (TPSA) is 81.4 Å². The highest BCUT2D eigenvalue weighted by Crippen LogP contribution is 2.20. The fraction of sp³-hybridized carbons (Fsp3) is 0.538. The van der Waals surface area contributed by atoms with Crippen LogP contribution in [0, 0.1) is 12.7 Å². The van der Waals surface area contributed by atoms with Crippen molar-refractivity contribution in [3.8, 4) is 0 Å². The van der Waals surface area contributed by atoms with Crippen LogP contribution in [0.3, 0.4) is 0 Å². The molecule has 0 spiro atoms. The number of nitrogen functional groups attached to an aromatic ring is 1. The fourth-order valence-corrected chi connectivity index (χ4v) is 2.66. The van der Waals surface area contributed by atoms with E-state index in [-0.39, 0.29) is 22.7 Å². The van der Waals surface area contributed by atoms with Crippen LogP contribution in [0.25, 0.3) is 0 Å². The summed E-state index contributed by atoms with van der Waals surface area (Å²) in [4.78, 5) is -0.160. The van der Waals surface area contributed by atoms with Crippen LogP contribution < -0.4 is 10.5 Å². The zero-order valence-corrected chi connectivity index (χ0v) is 12.6. The van der Waals surface area contributed by atoms with E-state index in [2.05, 4.69) is 4.72 Å². The van der Waals surface area contributed by atoms with Crippen molar-refractivity contribution in [1.29, 1.82) is 0 Å². The number of sulfonamides is 1. The van der Waals surface area contributed by atoms with Gasteiger partial charge in [0.2, 0.25) is 10.0 Å². The molecular weight excluding hydrogens is 283 g/mol. The SMILES string of the molecule is CCCOCCCNS(=O)(=O)c1cc(N)c(C)c(F)c1. The minimum absolute atomic E-state index is 0.122. The van der Waals surface area contributed by atoms with E-state index in [1.807, 2.05) is 6.92 Å². The molecule has 0 aliphatic heterocycles. The Balaban J connectivity index is 2.61. The van der Waals surface area contributed by atoms with E-state index < -0.39 is 15.8 Å². The Bertz CT molecular complexity index is 524. The molecular formula is C13H21FN2O3S. The van der Waals surface area contributed by atoms with E-state index in [9.17, 15) is 12.8 Å². The summed E-state index contributed by atoms with van der Waals surface area (Å²) in [5, 5.41) is 0. The van der Waals surface area contributed by atoms with E-state index in [0.29, 0.717) is 19.6 Å². The Hall–Kier alpha value is -1.18. The predicted molar refractivity (Wildman–Crippen MR) is 76.5 cm³/mol. The Morgan fingerprint density at radius 2 is 2.05 bits per heavy atom. The maximum atomic E-state index is 13.5.